The lowest BCUT2D eigenvalue weighted by atomic mass is 10.0. The molecule has 1 saturated heterocycles. The summed E-state index contributed by atoms with van der Waals surface area (Å²) < 4.78 is 15.8. The van der Waals surface area contributed by atoms with Gasteiger partial charge in [-0.15, -0.1) is 0 Å². The molecule has 3 atom stereocenters. The van der Waals surface area contributed by atoms with Crippen LogP contribution in [-0.4, -0.2) is 26.8 Å². The monoisotopic (exact) mass is 174 g/mol. The van der Waals surface area contributed by atoms with Gasteiger partial charge < -0.3 is 14.2 Å². The summed E-state index contributed by atoms with van der Waals surface area (Å²) in [5.41, 5.74) is 0. The minimum absolute atomic E-state index is 0.0603. The molecule has 1 heterocycles. The van der Waals surface area contributed by atoms with Gasteiger partial charge in [0.05, 0.1) is 0 Å². The van der Waals surface area contributed by atoms with E-state index in [9.17, 15) is 0 Å². The average molecular weight is 174 g/mol. The third-order valence-corrected chi connectivity index (χ3v) is 2.32. The van der Waals surface area contributed by atoms with E-state index in [1.165, 1.54) is 6.42 Å². The lowest BCUT2D eigenvalue weighted by Gasteiger charge is -2.14. The first kappa shape index (κ1) is 9.96. The Labute approximate surface area is 74.0 Å². The van der Waals surface area contributed by atoms with E-state index in [-0.39, 0.29) is 12.6 Å². The first-order chi connectivity index (χ1) is 5.81. The summed E-state index contributed by atoms with van der Waals surface area (Å²) in [5, 5.41) is 0. The van der Waals surface area contributed by atoms with Crippen LogP contribution in [0.3, 0.4) is 0 Å². The van der Waals surface area contributed by atoms with Gasteiger partial charge in [-0.25, -0.2) is 0 Å². The first-order valence-electron chi connectivity index (χ1n) is 4.52. The van der Waals surface area contributed by atoms with Crippen LogP contribution in [0.2, 0.25) is 0 Å². The second kappa shape index (κ2) is 4.80. The molecule has 0 aromatic carbocycles. The minimum atomic E-state index is -0.0634. The largest absolute Gasteiger partial charge is 0.356 e. The van der Waals surface area contributed by atoms with Gasteiger partial charge in [0.1, 0.15) is 0 Å². The topological polar surface area (TPSA) is 27.7 Å². The third-order valence-electron chi connectivity index (χ3n) is 2.32. The molecule has 0 aliphatic carbocycles. The van der Waals surface area contributed by atoms with Crippen LogP contribution < -0.4 is 0 Å². The highest BCUT2D eigenvalue weighted by Gasteiger charge is 2.34. The molecule has 1 fully saturated rings. The summed E-state index contributed by atoms with van der Waals surface area (Å²) in [6, 6.07) is 0. The molecule has 0 bridgehead atoms. The van der Waals surface area contributed by atoms with Gasteiger partial charge in [0.15, 0.2) is 12.6 Å². The van der Waals surface area contributed by atoms with E-state index < -0.39 is 0 Å². The SMILES string of the molecule is CCCC1CC(OC)OC1OC. The number of ether oxygens (including phenoxy) is 3. The fourth-order valence-electron chi connectivity index (χ4n) is 1.70. The minimum Gasteiger partial charge on any atom is -0.356 e. The van der Waals surface area contributed by atoms with Crippen molar-refractivity contribution < 1.29 is 14.2 Å². The number of hydrogen-bond acceptors (Lipinski definition) is 3. The molecule has 1 aliphatic heterocycles. The van der Waals surface area contributed by atoms with Crippen molar-refractivity contribution in [3.8, 4) is 0 Å². The molecule has 0 N–H and O–H groups in total. The third kappa shape index (κ3) is 2.19. The molecule has 1 aliphatic rings. The van der Waals surface area contributed by atoms with Crippen molar-refractivity contribution in [1.82, 2.24) is 0 Å². The van der Waals surface area contributed by atoms with Gasteiger partial charge >= 0.3 is 0 Å². The van der Waals surface area contributed by atoms with Gasteiger partial charge in [-0.05, 0) is 6.42 Å². The summed E-state index contributed by atoms with van der Waals surface area (Å²) >= 11 is 0. The lowest BCUT2D eigenvalue weighted by molar-refractivity contribution is -0.193. The molecule has 3 nitrogen and oxygen atoms in total. The summed E-state index contributed by atoms with van der Waals surface area (Å²) in [6.07, 6.45) is 3.16. The van der Waals surface area contributed by atoms with E-state index in [0.29, 0.717) is 5.92 Å². The van der Waals surface area contributed by atoms with E-state index in [0.717, 1.165) is 12.8 Å². The standard InChI is InChI=1S/C9H18O3/c1-4-5-7-6-8(10-2)12-9(7)11-3/h7-9H,4-6H2,1-3H3. The first-order valence-corrected chi connectivity index (χ1v) is 4.52. The molecule has 0 aromatic heterocycles. The maximum Gasteiger partial charge on any atom is 0.163 e. The highest BCUT2D eigenvalue weighted by atomic mass is 16.8. The second-order valence-corrected chi connectivity index (χ2v) is 3.19. The van der Waals surface area contributed by atoms with Crippen molar-refractivity contribution >= 4 is 0 Å². The van der Waals surface area contributed by atoms with Gasteiger partial charge in [-0.3, -0.25) is 0 Å². The quantitative estimate of drug-likeness (QED) is 0.650. The van der Waals surface area contributed by atoms with Crippen molar-refractivity contribution in [3.05, 3.63) is 0 Å². The van der Waals surface area contributed by atoms with Crippen LogP contribution in [0.25, 0.3) is 0 Å². The van der Waals surface area contributed by atoms with Gasteiger partial charge in [0.2, 0.25) is 0 Å². The van der Waals surface area contributed by atoms with Crippen LogP contribution in [0.1, 0.15) is 26.2 Å². The van der Waals surface area contributed by atoms with Crippen LogP contribution in [0.15, 0.2) is 0 Å². The predicted molar refractivity (Wildman–Crippen MR) is 45.7 cm³/mol. The van der Waals surface area contributed by atoms with Crippen LogP contribution in [0.5, 0.6) is 0 Å². The summed E-state index contributed by atoms with van der Waals surface area (Å²) in [6.45, 7) is 2.17. The zero-order valence-electron chi connectivity index (χ0n) is 8.08. The lowest BCUT2D eigenvalue weighted by Crippen LogP contribution is -2.18. The Morgan fingerprint density at radius 3 is 2.58 bits per heavy atom. The van der Waals surface area contributed by atoms with Crippen LogP contribution in [0, 0.1) is 5.92 Å². The highest BCUT2D eigenvalue weighted by molar-refractivity contribution is 4.71. The Kier molecular flexibility index (Phi) is 3.98. The second-order valence-electron chi connectivity index (χ2n) is 3.19. The maximum atomic E-state index is 5.48. The van der Waals surface area contributed by atoms with Gasteiger partial charge in [0.25, 0.3) is 0 Å². The molecule has 1 rings (SSSR count). The van der Waals surface area contributed by atoms with E-state index in [1.54, 1.807) is 14.2 Å². The number of methoxy groups -OCH3 is 2. The Morgan fingerprint density at radius 2 is 2.08 bits per heavy atom. The molecule has 12 heavy (non-hydrogen) atoms. The smallest absolute Gasteiger partial charge is 0.163 e. The van der Waals surface area contributed by atoms with E-state index in [1.807, 2.05) is 0 Å². The van der Waals surface area contributed by atoms with Crippen molar-refractivity contribution in [2.45, 2.75) is 38.8 Å². The molecule has 0 radical (unpaired) electrons. The molecule has 0 amide bonds. The Balaban J connectivity index is 2.39. The van der Waals surface area contributed by atoms with Crippen LogP contribution in [0.4, 0.5) is 0 Å². The molecular weight excluding hydrogens is 156 g/mol. The van der Waals surface area contributed by atoms with Gasteiger partial charge in [-0.1, -0.05) is 13.3 Å². The van der Waals surface area contributed by atoms with E-state index in [4.69, 9.17) is 14.2 Å². The predicted octanol–water partition coefficient (Wildman–Crippen LogP) is 1.77. The number of hydrogen-bond donors (Lipinski definition) is 0. The fourth-order valence-corrected chi connectivity index (χ4v) is 1.70. The normalized spacial score (nSPS) is 35.8. The molecule has 0 aromatic rings. The molecule has 0 spiro atoms. The molecular formula is C9H18O3. The Morgan fingerprint density at radius 1 is 1.33 bits per heavy atom. The van der Waals surface area contributed by atoms with Crippen LogP contribution in [-0.2, 0) is 14.2 Å². The van der Waals surface area contributed by atoms with Crippen molar-refractivity contribution in [1.29, 1.82) is 0 Å². The van der Waals surface area contributed by atoms with E-state index >= 15 is 0 Å². The Hall–Kier alpha value is -0.120. The summed E-state index contributed by atoms with van der Waals surface area (Å²) in [7, 11) is 3.36. The fraction of sp³-hybridized carbons (Fsp3) is 1.00. The summed E-state index contributed by atoms with van der Waals surface area (Å²) in [5.74, 6) is 0.505. The average Bonchev–Trinajstić information content (AvgIpc) is 2.48. The van der Waals surface area contributed by atoms with Crippen LogP contribution >= 0.6 is 0 Å². The van der Waals surface area contributed by atoms with Crippen molar-refractivity contribution in [3.63, 3.8) is 0 Å². The Bertz CT molecular complexity index is 127. The zero-order chi connectivity index (χ0) is 8.97. The van der Waals surface area contributed by atoms with E-state index in [2.05, 4.69) is 6.92 Å². The van der Waals surface area contributed by atoms with Gasteiger partial charge in [0, 0.05) is 26.6 Å². The highest BCUT2D eigenvalue weighted by Crippen LogP contribution is 2.30. The zero-order valence-corrected chi connectivity index (χ0v) is 8.08. The summed E-state index contributed by atoms with van der Waals surface area (Å²) in [4.78, 5) is 0. The van der Waals surface area contributed by atoms with Crippen molar-refractivity contribution in [2.75, 3.05) is 14.2 Å². The molecule has 72 valence electrons. The van der Waals surface area contributed by atoms with Gasteiger partial charge in [-0.2, -0.15) is 0 Å². The molecule has 3 heteroatoms. The number of rotatable bonds is 4. The molecule has 3 unspecified atom stereocenters. The molecule has 0 saturated carbocycles. The maximum absolute atomic E-state index is 5.48. The van der Waals surface area contributed by atoms with Crippen molar-refractivity contribution in [2.24, 2.45) is 5.92 Å².